The number of fused-ring (bicyclic) bond motifs is 1. The Labute approximate surface area is 155 Å². The summed E-state index contributed by atoms with van der Waals surface area (Å²) in [6.45, 7) is 1.86. The molecule has 0 bridgehead atoms. The second-order valence-corrected chi connectivity index (χ2v) is 7.10. The van der Waals surface area contributed by atoms with Gasteiger partial charge in [-0.15, -0.1) is 0 Å². The van der Waals surface area contributed by atoms with E-state index in [1.165, 1.54) is 7.11 Å². The van der Waals surface area contributed by atoms with Gasteiger partial charge in [0.2, 0.25) is 0 Å². The third-order valence-electron chi connectivity index (χ3n) is 5.40. The number of carbonyl (C=O) groups excluding carboxylic acids is 2. The summed E-state index contributed by atoms with van der Waals surface area (Å²) in [5.74, 6) is -3.42. The van der Waals surface area contributed by atoms with Crippen molar-refractivity contribution in [1.82, 2.24) is 9.80 Å². The lowest BCUT2D eigenvalue weighted by molar-refractivity contribution is -0.121. The number of methoxy groups -OCH3 is 1. The van der Waals surface area contributed by atoms with E-state index in [0.29, 0.717) is 25.7 Å². The highest BCUT2D eigenvalue weighted by Crippen LogP contribution is 2.31. The van der Waals surface area contributed by atoms with E-state index in [0.717, 1.165) is 12.5 Å². The van der Waals surface area contributed by atoms with Gasteiger partial charge in [-0.25, -0.2) is 18.0 Å². The van der Waals surface area contributed by atoms with Gasteiger partial charge in [0.15, 0.2) is 17.4 Å². The number of amides is 1. The quantitative estimate of drug-likeness (QED) is 0.774. The Morgan fingerprint density at radius 2 is 1.93 bits per heavy atom. The van der Waals surface area contributed by atoms with Crippen LogP contribution in [-0.4, -0.2) is 67.0 Å². The molecule has 6 nitrogen and oxygen atoms in total. The van der Waals surface area contributed by atoms with E-state index >= 15 is 0 Å². The Morgan fingerprint density at radius 1 is 1.22 bits per heavy atom. The Kier molecular flexibility index (Phi) is 5.71. The molecule has 2 aliphatic rings. The van der Waals surface area contributed by atoms with E-state index in [-0.39, 0.29) is 42.4 Å². The third-order valence-corrected chi connectivity index (χ3v) is 5.40. The summed E-state index contributed by atoms with van der Waals surface area (Å²) >= 11 is 0. The summed E-state index contributed by atoms with van der Waals surface area (Å²) in [6, 6.07) is 0.212. The average molecular weight is 385 g/mol. The number of likely N-dealkylation sites (tertiary alicyclic amines) is 2. The molecule has 2 N–H and O–H groups in total. The molecular formula is C18H22F3N3O3. The zero-order valence-corrected chi connectivity index (χ0v) is 15.0. The van der Waals surface area contributed by atoms with Crippen LogP contribution >= 0.6 is 0 Å². The Balaban J connectivity index is 1.59. The highest BCUT2D eigenvalue weighted by molar-refractivity contribution is 5.86. The van der Waals surface area contributed by atoms with E-state index in [2.05, 4.69) is 0 Å². The number of hydrogen-bond acceptors (Lipinski definition) is 5. The molecule has 0 aromatic heterocycles. The molecule has 2 aliphatic heterocycles. The van der Waals surface area contributed by atoms with E-state index < -0.39 is 23.5 Å². The van der Waals surface area contributed by atoms with Crippen molar-refractivity contribution in [3.8, 4) is 0 Å². The van der Waals surface area contributed by atoms with Crippen LogP contribution in [0.2, 0.25) is 0 Å². The molecule has 27 heavy (non-hydrogen) atoms. The molecule has 0 saturated carbocycles. The molecule has 0 radical (unpaired) electrons. The summed E-state index contributed by atoms with van der Waals surface area (Å²) in [5, 5.41) is 0. The Morgan fingerprint density at radius 3 is 2.63 bits per heavy atom. The molecular weight excluding hydrogens is 363 g/mol. The van der Waals surface area contributed by atoms with E-state index in [9.17, 15) is 22.8 Å². The smallest absolute Gasteiger partial charge is 0.409 e. The van der Waals surface area contributed by atoms with E-state index in [1.54, 1.807) is 4.90 Å². The van der Waals surface area contributed by atoms with Crippen LogP contribution in [0.4, 0.5) is 18.0 Å². The number of ketones is 1. The topological polar surface area (TPSA) is 75.9 Å². The number of rotatable bonds is 5. The van der Waals surface area contributed by atoms with Crippen molar-refractivity contribution in [2.24, 2.45) is 11.7 Å². The van der Waals surface area contributed by atoms with Gasteiger partial charge in [0, 0.05) is 25.2 Å². The predicted molar refractivity (Wildman–Crippen MR) is 90.4 cm³/mol. The third kappa shape index (κ3) is 4.08. The van der Waals surface area contributed by atoms with Crippen molar-refractivity contribution >= 4 is 11.9 Å². The van der Waals surface area contributed by atoms with Gasteiger partial charge in [-0.3, -0.25) is 9.69 Å². The number of benzene rings is 1. The molecule has 1 amide bonds. The molecule has 0 aliphatic carbocycles. The standard InChI is InChI=1S/C18H22F3N3O3/c1-27-18(26)24-7-10-2-3-23(16(10)8-24)9-17(25)15(22)5-11-4-13(20)14(21)6-12(11)19/h4,6,10,15-16H,2-3,5,7-9,22H2,1H3/t10-,15?,16+/m0/s1. The maximum Gasteiger partial charge on any atom is 0.409 e. The summed E-state index contributed by atoms with van der Waals surface area (Å²) in [4.78, 5) is 27.7. The van der Waals surface area contributed by atoms with E-state index in [4.69, 9.17) is 10.5 Å². The first-order valence-corrected chi connectivity index (χ1v) is 8.78. The largest absolute Gasteiger partial charge is 0.453 e. The van der Waals surface area contributed by atoms with E-state index in [1.807, 2.05) is 4.90 Å². The van der Waals surface area contributed by atoms with Gasteiger partial charge >= 0.3 is 6.09 Å². The average Bonchev–Trinajstić information content (AvgIpc) is 3.20. The van der Waals surface area contributed by atoms with Crippen LogP contribution in [0.1, 0.15) is 12.0 Å². The molecule has 148 valence electrons. The highest BCUT2D eigenvalue weighted by Gasteiger charge is 2.43. The molecule has 1 aromatic carbocycles. The lowest BCUT2D eigenvalue weighted by Gasteiger charge is -2.25. The zero-order valence-electron chi connectivity index (χ0n) is 15.0. The first-order valence-electron chi connectivity index (χ1n) is 8.78. The summed E-state index contributed by atoms with van der Waals surface area (Å²) in [6.07, 6.45) is 0.262. The zero-order chi connectivity index (χ0) is 19.7. The van der Waals surface area contributed by atoms with Crippen LogP contribution in [0.5, 0.6) is 0 Å². The monoisotopic (exact) mass is 385 g/mol. The molecule has 3 rings (SSSR count). The fourth-order valence-electron chi connectivity index (χ4n) is 3.91. The fraction of sp³-hybridized carbons (Fsp3) is 0.556. The molecule has 1 aromatic rings. The number of nitrogens with zero attached hydrogens (tertiary/aromatic N) is 2. The molecule has 1 unspecified atom stereocenters. The minimum atomic E-state index is -1.28. The molecule has 0 spiro atoms. The fourth-order valence-corrected chi connectivity index (χ4v) is 3.91. The van der Waals surface area contributed by atoms with Gasteiger partial charge in [-0.1, -0.05) is 0 Å². The molecule has 2 saturated heterocycles. The van der Waals surface area contributed by atoms with Crippen molar-refractivity contribution in [2.45, 2.75) is 24.9 Å². The normalized spacial score (nSPS) is 23.4. The number of carbonyl (C=O) groups is 2. The molecule has 2 fully saturated rings. The van der Waals surface area contributed by atoms with Crippen molar-refractivity contribution in [1.29, 1.82) is 0 Å². The number of halogens is 3. The van der Waals surface area contributed by atoms with Gasteiger partial charge in [-0.2, -0.15) is 0 Å². The molecule has 2 heterocycles. The second kappa shape index (κ2) is 7.85. The van der Waals surface area contributed by atoms with Crippen molar-refractivity contribution in [3.63, 3.8) is 0 Å². The summed E-state index contributed by atoms with van der Waals surface area (Å²) in [5.41, 5.74) is 5.74. The lowest BCUT2D eigenvalue weighted by Crippen LogP contribution is -2.45. The van der Waals surface area contributed by atoms with Gasteiger partial charge in [-0.05, 0) is 36.9 Å². The highest BCUT2D eigenvalue weighted by atomic mass is 19.2. The van der Waals surface area contributed by atoms with Crippen LogP contribution in [0, 0.1) is 23.4 Å². The van der Waals surface area contributed by atoms with Crippen molar-refractivity contribution in [2.75, 3.05) is 33.3 Å². The van der Waals surface area contributed by atoms with Crippen molar-refractivity contribution in [3.05, 3.63) is 35.1 Å². The van der Waals surface area contributed by atoms with Crippen LogP contribution in [0.15, 0.2) is 12.1 Å². The summed E-state index contributed by atoms with van der Waals surface area (Å²) in [7, 11) is 1.33. The van der Waals surface area contributed by atoms with Gasteiger partial charge < -0.3 is 15.4 Å². The maximum absolute atomic E-state index is 13.8. The van der Waals surface area contributed by atoms with Gasteiger partial charge in [0.25, 0.3) is 0 Å². The lowest BCUT2D eigenvalue weighted by atomic mass is 10.0. The maximum atomic E-state index is 13.8. The second-order valence-electron chi connectivity index (χ2n) is 7.10. The minimum Gasteiger partial charge on any atom is -0.453 e. The predicted octanol–water partition coefficient (Wildman–Crippen LogP) is 1.32. The van der Waals surface area contributed by atoms with Crippen LogP contribution in [0.25, 0.3) is 0 Å². The van der Waals surface area contributed by atoms with Gasteiger partial charge in [0.05, 0.1) is 19.7 Å². The first-order chi connectivity index (χ1) is 12.8. The number of hydrogen-bond donors (Lipinski definition) is 1. The van der Waals surface area contributed by atoms with Crippen molar-refractivity contribution < 1.29 is 27.5 Å². The number of Topliss-reactive ketones (excluding diaryl/α,β-unsaturated/α-hetero) is 1. The molecule has 3 atom stereocenters. The van der Waals surface area contributed by atoms with Crippen LogP contribution in [0.3, 0.4) is 0 Å². The Hall–Kier alpha value is -2.13. The molecule has 9 heteroatoms. The van der Waals surface area contributed by atoms with Gasteiger partial charge in [0.1, 0.15) is 5.82 Å². The minimum absolute atomic E-state index is 0.0558. The number of ether oxygens (including phenoxy) is 1. The number of nitrogens with two attached hydrogens (primary N) is 1. The SMILES string of the molecule is COC(=O)N1C[C@@H]2CCN(CC(=O)C(N)Cc3cc(F)c(F)cc3F)[C@@H]2C1. The first kappa shape index (κ1) is 19.6. The Bertz CT molecular complexity index is 746. The van der Waals surface area contributed by atoms with Crippen LogP contribution in [-0.2, 0) is 16.0 Å². The summed E-state index contributed by atoms with van der Waals surface area (Å²) < 4.78 is 44.8. The van der Waals surface area contributed by atoms with Crippen LogP contribution < -0.4 is 5.73 Å².